The highest BCUT2D eigenvalue weighted by atomic mass is 28.2. The van der Waals surface area contributed by atoms with Crippen LogP contribution in [0.1, 0.15) is 20.8 Å². The molecule has 8 heavy (non-hydrogen) atoms. The summed E-state index contributed by atoms with van der Waals surface area (Å²) in [6, 6.07) is 0. The van der Waals surface area contributed by atoms with Crippen LogP contribution in [0.2, 0.25) is 0 Å². The van der Waals surface area contributed by atoms with Gasteiger partial charge in [-0.25, -0.2) is 0 Å². The van der Waals surface area contributed by atoms with Crippen molar-refractivity contribution in [2.45, 2.75) is 20.8 Å². The highest BCUT2D eigenvalue weighted by molar-refractivity contribution is 5.98. The summed E-state index contributed by atoms with van der Waals surface area (Å²) in [5.74, 6) is 0.518. The Bertz CT molecular complexity index is 90.4. The maximum absolute atomic E-state index is 4.69. The molecule has 0 atom stereocenters. The number of hydrogen-bond donors (Lipinski definition) is 0. The largest absolute Gasteiger partial charge is 0.467 e. The van der Waals surface area contributed by atoms with E-state index in [1.165, 1.54) is 0 Å². The maximum Gasteiger partial charge on any atom is 0.242 e. The van der Waals surface area contributed by atoms with Crippen LogP contribution in [0.4, 0.5) is 0 Å². The predicted octanol–water partition coefficient (Wildman–Crippen LogP) is 0.315. The standard InChI is InChI=1S/C5H13NOSi/c1-4(2)5(3)6-7-8/h4H,1-3,8H3/b6-5+. The Kier molecular flexibility index (Phi) is 3.52. The maximum atomic E-state index is 4.69. The van der Waals surface area contributed by atoms with E-state index in [2.05, 4.69) is 19.0 Å². The first-order valence-electron chi connectivity index (χ1n) is 2.76. The van der Waals surface area contributed by atoms with Crippen LogP contribution in [0.3, 0.4) is 0 Å². The highest BCUT2D eigenvalue weighted by Crippen LogP contribution is 1.94. The van der Waals surface area contributed by atoms with Crippen LogP contribution in [0.15, 0.2) is 5.16 Å². The molecule has 0 spiro atoms. The average Bonchev–Trinajstić information content (AvgIpc) is 1.67. The predicted molar refractivity (Wildman–Crippen MR) is 39.0 cm³/mol. The Balaban J connectivity index is 3.61. The topological polar surface area (TPSA) is 21.6 Å². The molecule has 0 aliphatic heterocycles. The third-order valence-corrected chi connectivity index (χ3v) is 1.25. The van der Waals surface area contributed by atoms with Crippen molar-refractivity contribution in [3.05, 3.63) is 0 Å². The Morgan fingerprint density at radius 3 is 2.25 bits per heavy atom. The molecule has 0 heterocycles. The van der Waals surface area contributed by atoms with Gasteiger partial charge in [-0.15, -0.1) is 5.16 Å². The Morgan fingerprint density at radius 2 is 2.12 bits per heavy atom. The van der Waals surface area contributed by atoms with Crippen molar-refractivity contribution in [3.8, 4) is 0 Å². The van der Waals surface area contributed by atoms with Gasteiger partial charge in [0.25, 0.3) is 0 Å². The molecule has 0 saturated heterocycles. The molecule has 0 unspecified atom stereocenters. The van der Waals surface area contributed by atoms with Gasteiger partial charge in [-0.3, -0.25) is 0 Å². The Hall–Kier alpha value is -0.313. The van der Waals surface area contributed by atoms with Crippen LogP contribution in [0.25, 0.3) is 0 Å². The quantitative estimate of drug-likeness (QED) is 0.300. The van der Waals surface area contributed by atoms with Crippen molar-refractivity contribution in [1.82, 2.24) is 0 Å². The van der Waals surface area contributed by atoms with Gasteiger partial charge in [0.2, 0.25) is 10.5 Å². The normalized spacial score (nSPS) is 12.8. The zero-order valence-corrected chi connectivity index (χ0v) is 7.93. The lowest BCUT2D eigenvalue weighted by molar-refractivity contribution is 0.374. The number of hydrogen-bond acceptors (Lipinski definition) is 2. The molecule has 0 N–H and O–H groups in total. The molecule has 0 aliphatic rings. The second-order valence-corrected chi connectivity index (χ2v) is 2.44. The summed E-state index contributed by atoms with van der Waals surface area (Å²) in [6.45, 7) is 6.17. The van der Waals surface area contributed by atoms with Crippen LogP contribution in [-0.4, -0.2) is 16.2 Å². The van der Waals surface area contributed by atoms with Gasteiger partial charge in [-0.1, -0.05) is 13.8 Å². The fourth-order valence-electron chi connectivity index (χ4n) is 0.249. The minimum absolute atomic E-state index is 0.518. The first kappa shape index (κ1) is 7.69. The molecule has 0 fully saturated rings. The molecule has 2 nitrogen and oxygen atoms in total. The van der Waals surface area contributed by atoms with Gasteiger partial charge in [0.1, 0.15) is 0 Å². The van der Waals surface area contributed by atoms with E-state index in [0.717, 1.165) is 5.71 Å². The van der Waals surface area contributed by atoms with Gasteiger partial charge in [-0.2, -0.15) is 0 Å². The minimum atomic E-state index is 0.518. The van der Waals surface area contributed by atoms with Crippen LogP contribution in [-0.2, 0) is 4.53 Å². The first-order valence-corrected chi connectivity index (χ1v) is 3.57. The average molecular weight is 131 g/mol. The van der Waals surface area contributed by atoms with Gasteiger partial charge in [-0.05, 0) is 12.8 Å². The number of nitrogens with zero attached hydrogens (tertiary/aromatic N) is 1. The summed E-state index contributed by atoms with van der Waals surface area (Å²) in [5, 5.41) is 3.80. The zero-order valence-electron chi connectivity index (χ0n) is 5.93. The number of rotatable bonds is 2. The molecule has 0 aromatic heterocycles. The highest BCUT2D eigenvalue weighted by Gasteiger charge is 1.95. The lowest BCUT2D eigenvalue weighted by Crippen LogP contribution is -2.01. The van der Waals surface area contributed by atoms with Crippen molar-refractivity contribution in [2.24, 2.45) is 11.1 Å². The molecular weight excluding hydrogens is 118 g/mol. The Morgan fingerprint density at radius 1 is 1.62 bits per heavy atom. The summed E-state index contributed by atoms with van der Waals surface area (Å²) in [4.78, 5) is 0. The molecule has 0 aromatic carbocycles. The smallest absolute Gasteiger partial charge is 0.242 e. The summed E-state index contributed by atoms with van der Waals surface area (Å²) < 4.78 is 4.69. The van der Waals surface area contributed by atoms with E-state index in [9.17, 15) is 0 Å². The fourth-order valence-corrected chi connectivity index (χ4v) is 0.537. The van der Waals surface area contributed by atoms with E-state index in [4.69, 9.17) is 4.53 Å². The number of oxime groups is 1. The van der Waals surface area contributed by atoms with Gasteiger partial charge >= 0.3 is 0 Å². The second kappa shape index (κ2) is 3.66. The summed E-state index contributed by atoms with van der Waals surface area (Å²) in [7, 11) is 0.695. The van der Waals surface area contributed by atoms with Gasteiger partial charge < -0.3 is 4.53 Å². The molecule has 0 rings (SSSR count). The van der Waals surface area contributed by atoms with Gasteiger partial charge in [0, 0.05) is 0 Å². The fraction of sp³-hybridized carbons (Fsp3) is 0.800. The zero-order chi connectivity index (χ0) is 6.57. The van der Waals surface area contributed by atoms with E-state index < -0.39 is 0 Å². The van der Waals surface area contributed by atoms with Crippen LogP contribution < -0.4 is 0 Å². The van der Waals surface area contributed by atoms with Crippen LogP contribution >= 0.6 is 0 Å². The minimum Gasteiger partial charge on any atom is -0.467 e. The third-order valence-electron chi connectivity index (χ3n) is 1.07. The summed E-state index contributed by atoms with van der Waals surface area (Å²) in [5.41, 5.74) is 1.07. The molecular formula is C5H13NOSi. The molecule has 0 aliphatic carbocycles. The van der Waals surface area contributed by atoms with Crippen LogP contribution in [0.5, 0.6) is 0 Å². The molecule has 0 saturated carbocycles. The lowest BCUT2D eigenvalue weighted by Gasteiger charge is -2.00. The van der Waals surface area contributed by atoms with Crippen molar-refractivity contribution >= 4 is 16.2 Å². The van der Waals surface area contributed by atoms with E-state index in [1.54, 1.807) is 0 Å². The summed E-state index contributed by atoms with van der Waals surface area (Å²) in [6.07, 6.45) is 0. The molecule has 0 bridgehead atoms. The second-order valence-electron chi connectivity index (χ2n) is 2.07. The first-order chi connectivity index (χ1) is 3.68. The molecule has 48 valence electrons. The monoisotopic (exact) mass is 131 g/mol. The molecule has 0 amide bonds. The third kappa shape index (κ3) is 2.79. The van der Waals surface area contributed by atoms with E-state index in [0.29, 0.717) is 16.4 Å². The van der Waals surface area contributed by atoms with E-state index in [-0.39, 0.29) is 0 Å². The van der Waals surface area contributed by atoms with Gasteiger partial charge in [0.15, 0.2) is 0 Å². The molecule has 0 radical (unpaired) electrons. The van der Waals surface area contributed by atoms with E-state index >= 15 is 0 Å². The van der Waals surface area contributed by atoms with Crippen molar-refractivity contribution < 1.29 is 4.53 Å². The molecule has 3 heteroatoms. The van der Waals surface area contributed by atoms with Crippen molar-refractivity contribution in [2.75, 3.05) is 0 Å². The molecule has 0 aromatic rings. The van der Waals surface area contributed by atoms with Crippen LogP contribution in [0, 0.1) is 5.92 Å². The van der Waals surface area contributed by atoms with Crippen molar-refractivity contribution in [3.63, 3.8) is 0 Å². The van der Waals surface area contributed by atoms with Crippen molar-refractivity contribution in [1.29, 1.82) is 0 Å². The summed E-state index contributed by atoms with van der Waals surface area (Å²) >= 11 is 0. The lowest BCUT2D eigenvalue weighted by atomic mass is 10.1. The van der Waals surface area contributed by atoms with Gasteiger partial charge in [0.05, 0.1) is 5.71 Å². The SMILES string of the molecule is C/C(=N\O[SiH3])C(C)C. The Labute approximate surface area is 53.5 Å². The van der Waals surface area contributed by atoms with E-state index in [1.807, 2.05) is 6.92 Å².